The van der Waals surface area contributed by atoms with Crippen LogP contribution in [0, 0.1) is 22.7 Å². The van der Waals surface area contributed by atoms with Gasteiger partial charge in [-0.3, -0.25) is 14.1 Å². The van der Waals surface area contributed by atoms with Crippen LogP contribution in [0.4, 0.5) is 39.5 Å². The third-order valence-corrected chi connectivity index (χ3v) is 11.7. The van der Waals surface area contributed by atoms with Crippen molar-refractivity contribution < 1.29 is 81.4 Å². The van der Waals surface area contributed by atoms with Gasteiger partial charge >= 0.3 is 36.1 Å². The van der Waals surface area contributed by atoms with E-state index in [1.807, 2.05) is 12.1 Å². The van der Waals surface area contributed by atoms with Crippen LogP contribution >= 0.6 is 0 Å². The lowest BCUT2D eigenvalue weighted by Gasteiger charge is -2.60. The quantitative estimate of drug-likeness (QED) is 0.121. The average Bonchev–Trinajstić information content (AvgIpc) is 3.00. The Hall–Kier alpha value is -2.80. The third kappa shape index (κ3) is 9.95. The first-order chi connectivity index (χ1) is 24.3. The Labute approximate surface area is 308 Å². The van der Waals surface area contributed by atoms with Crippen molar-refractivity contribution >= 4 is 22.1 Å². The number of alkyl halides is 9. The highest BCUT2D eigenvalue weighted by atomic mass is 32.2. The summed E-state index contributed by atoms with van der Waals surface area (Å²) in [7, 11) is -5.88. The highest BCUT2D eigenvalue weighted by molar-refractivity contribution is 7.85. The van der Waals surface area contributed by atoms with Crippen LogP contribution in [0.5, 0.6) is 5.75 Å². The number of hydrogen-bond acceptors (Lipinski definition) is 8. The summed E-state index contributed by atoms with van der Waals surface area (Å²) in [5.74, 6) is -5.25. The zero-order chi connectivity index (χ0) is 41.6. The SMILES string of the molecule is CCC(C)(C)C(=O)OC12CC3CC(C1)CC(C(=O)OC(CS(=O)(=O)O)(C(F)(F)F)C(F)(F)F)(C3)C2.CCC(C)c1ccc(OCC(C)(O)C(F)(F)F)cc1. The zero-order valence-electron chi connectivity index (χ0n) is 30.7. The Kier molecular flexibility index (Phi) is 12.9. The van der Waals surface area contributed by atoms with Crippen molar-refractivity contribution in [1.82, 2.24) is 0 Å². The van der Waals surface area contributed by atoms with E-state index in [9.17, 15) is 62.6 Å². The monoisotopic (exact) mass is 814 g/mol. The number of ether oxygens (including phenoxy) is 3. The Morgan fingerprint density at radius 3 is 1.78 bits per heavy atom. The van der Waals surface area contributed by atoms with Crippen molar-refractivity contribution in [2.24, 2.45) is 22.7 Å². The van der Waals surface area contributed by atoms with Crippen molar-refractivity contribution in [3.05, 3.63) is 29.8 Å². The topological polar surface area (TPSA) is 136 Å². The highest BCUT2D eigenvalue weighted by Crippen LogP contribution is 2.64. The van der Waals surface area contributed by atoms with Crippen LogP contribution in [0.3, 0.4) is 0 Å². The Balaban J connectivity index is 0.000000349. The number of rotatable bonds is 12. The molecule has 0 saturated heterocycles. The standard InChI is InChI=1S/C21H28F6O7S.C14H19F3O2/c1-4-16(2,3)14(28)33-18-8-12-5-13(9-18)7-17(6-12,10-18)15(29)34-19(20(22,23)24,21(25,26)27)11-35(30,31)32;1-4-10(2)11-5-7-12(8-6-11)19-9-13(3,18)14(15,16)17/h12-13H,4-11H2,1-3H3,(H,30,31,32);5-8,10,18H,4,9H2,1-3H3. The molecule has 5 rings (SSSR count). The fourth-order valence-corrected chi connectivity index (χ4v) is 8.34. The third-order valence-electron chi connectivity index (χ3n) is 10.9. The number of hydrogen-bond donors (Lipinski definition) is 2. The normalized spacial score (nSPS) is 26.2. The van der Waals surface area contributed by atoms with Crippen LogP contribution < -0.4 is 4.74 Å². The molecule has 4 aliphatic rings. The molecule has 1 aromatic rings. The molecule has 2 N–H and O–H groups in total. The Morgan fingerprint density at radius 2 is 1.37 bits per heavy atom. The number of carbonyl (C=O) groups excluding carboxylic acids is 2. The van der Waals surface area contributed by atoms with Crippen molar-refractivity contribution in [3.8, 4) is 5.75 Å². The molecule has 4 fully saturated rings. The molecule has 4 aliphatic carbocycles. The lowest BCUT2D eigenvalue weighted by atomic mass is 9.48. The predicted octanol–water partition coefficient (Wildman–Crippen LogP) is 8.49. The molecule has 0 aliphatic heterocycles. The largest absolute Gasteiger partial charge is 0.490 e. The molecule has 9 nitrogen and oxygen atoms in total. The van der Waals surface area contributed by atoms with Gasteiger partial charge in [0.15, 0.2) is 5.60 Å². The van der Waals surface area contributed by atoms with E-state index in [-0.39, 0.29) is 31.1 Å². The molecule has 0 spiro atoms. The van der Waals surface area contributed by atoms with E-state index in [4.69, 9.17) is 14.0 Å². The number of esters is 2. The number of halogens is 9. The highest BCUT2D eigenvalue weighted by Gasteiger charge is 2.77. The van der Waals surface area contributed by atoms with Crippen LogP contribution in [0.1, 0.15) is 104 Å². The van der Waals surface area contributed by atoms with Gasteiger partial charge in [-0.25, -0.2) is 0 Å². The van der Waals surface area contributed by atoms with Gasteiger partial charge in [0.25, 0.3) is 10.1 Å². The van der Waals surface area contributed by atoms with E-state index >= 15 is 0 Å². The molecule has 0 aromatic heterocycles. The molecule has 0 amide bonds. The molecule has 4 atom stereocenters. The summed E-state index contributed by atoms with van der Waals surface area (Å²) in [5, 5.41) is 9.24. The smallest absolute Gasteiger partial charge is 0.438 e. The van der Waals surface area contributed by atoms with Gasteiger partial charge in [0.05, 0.1) is 10.8 Å². The van der Waals surface area contributed by atoms with E-state index in [2.05, 4.69) is 18.6 Å². The zero-order valence-corrected chi connectivity index (χ0v) is 31.5. The van der Waals surface area contributed by atoms with E-state index < -0.39 is 80.6 Å². The number of carbonyl (C=O) groups is 2. The van der Waals surface area contributed by atoms with Crippen molar-refractivity contribution in [3.63, 3.8) is 0 Å². The van der Waals surface area contributed by atoms with Crippen LogP contribution in [0.15, 0.2) is 24.3 Å². The predicted molar refractivity (Wildman–Crippen MR) is 175 cm³/mol. The Morgan fingerprint density at radius 1 is 0.870 bits per heavy atom. The summed E-state index contributed by atoms with van der Waals surface area (Å²) < 4.78 is 166. The van der Waals surface area contributed by atoms with Gasteiger partial charge in [-0.1, -0.05) is 32.9 Å². The molecule has 19 heteroatoms. The average molecular weight is 815 g/mol. The van der Waals surface area contributed by atoms with Crippen molar-refractivity contribution in [2.75, 3.05) is 12.4 Å². The minimum atomic E-state index is -6.39. The second kappa shape index (κ2) is 15.3. The molecule has 310 valence electrons. The molecule has 0 heterocycles. The van der Waals surface area contributed by atoms with Crippen molar-refractivity contribution in [2.45, 2.75) is 134 Å². The molecule has 4 saturated carbocycles. The van der Waals surface area contributed by atoms with E-state index in [1.165, 1.54) is 0 Å². The van der Waals surface area contributed by atoms with E-state index in [0.717, 1.165) is 12.0 Å². The lowest BCUT2D eigenvalue weighted by molar-refractivity contribution is -0.364. The van der Waals surface area contributed by atoms with E-state index in [0.29, 0.717) is 44.3 Å². The Bertz CT molecular complexity index is 1570. The van der Waals surface area contributed by atoms with Crippen LogP contribution in [-0.2, 0) is 29.2 Å². The summed E-state index contributed by atoms with van der Waals surface area (Å²) in [6.07, 6.45) is -15.4. The van der Waals surface area contributed by atoms with Crippen molar-refractivity contribution in [1.29, 1.82) is 0 Å². The molecule has 4 bridgehead atoms. The van der Waals surface area contributed by atoms with Crippen LogP contribution in [0.2, 0.25) is 0 Å². The fourth-order valence-electron chi connectivity index (χ4n) is 7.44. The lowest BCUT2D eigenvalue weighted by Crippen LogP contribution is -2.66. The van der Waals surface area contributed by atoms with Crippen LogP contribution in [-0.4, -0.2) is 77.7 Å². The molecular weight excluding hydrogens is 767 g/mol. The maximum atomic E-state index is 13.7. The molecule has 0 radical (unpaired) electrons. The summed E-state index contributed by atoms with van der Waals surface area (Å²) in [6, 6.07) is 6.89. The molecule has 4 unspecified atom stereocenters. The molecule has 1 aromatic carbocycles. The summed E-state index contributed by atoms with van der Waals surface area (Å²) in [5.41, 5.74) is -11.1. The van der Waals surface area contributed by atoms with Crippen LogP contribution in [0.25, 0.3) is 0 Å². The van der Waals surface area contributed by atoms with Gasteiger partial charge in [0.1, 0.15) is 23.7 Å². The summed E-state index contributed by atoms with van der Waals surface area (Å²) in [4.78, 5) is 25.9. The first-order valence-electron chi connectivity index (χ1n) is 17.3. The number of benzene rings is 1. The maximum Gasteiger partial charge on any atom is 0.438 e. The summed E-state index contributed by atoms with van der Waals surface area (Å²) in [6.45, 7) is 9.04. The minimum absolute atomic E-state index is 0.0729. The van der Waals surface area contributed by atoms with Gasteiger partial charge in [0.2, 0.25) is 0 Å². The van der Waals surface area contributed by atoms with Gasteiger partial charge in [-0.2, -0.15) is 47.9 Å². The summed E-state index contributed by atoms with van der Waals surface area (Å²) >= 11 is 0. The first-order valence-corrected chi connectivity index (χ1v) is 18.9. The molecule has 54 heavy (non-hydrogen) atoms. The maximum absolute atomic E-state index is 13.7. The fraction of sp³-hybridized carbons (Fsp3) is 0.771. The van der Waals surface area contributed by atoms with Gasteiger partial charge < -0.3 is 19.3 Å². The first kappa shape index (κ1) is 45.6. The second-order valence-electron chi connectivity index (χ2n) is 15.9. The van der Waals surface area contributed by atoms with Gasteiger partial charge in [-0.05, 0) is 101 Å². The van der Waals surface area contributed by atoms with E-state index in [1.54, 1.807) is 32.9 Å². The second-order valence-corrected chi connectivity index (χ2v) is 17.4. The minimum Gasteiger partial charge on any atom is -0.490 e. The number of aliphatic hydroxyl groups is 1. The van der Waals surface area contributed by atoms with Gasteiger partial charge in [0, 0.05) is 6.42 Å². The van der Waals surface area contributed by atoms with Gasteiger partial charge in [-0.15, -0.1) is 0 Å². The molecular formula is C35H47F9O9S.